The summed E-state index contributed by atoms with van der Waals surface area (Å²) in [4.78, 5) is 29.1. The maximum atomic E-state index is 5.11. The molecule has 0 N–H and O–H groups in total. The van der Waals surface area contributed by atoms with Crippen LogP contribution in [0.2, 0.25) is 0 Å². The molecule has 0 amide bonds. The lowest BCUT2D eigenvalue weighted by Crippen LogP contribution is -1.99. The van der Waals surface area contributed by atoms with E-state index in [1.165, 1.54) is 137 Å². The van der Waals surface area contributed by atoms with E-state index in [9.17, 15) is 0 Å². The molecule has 0 radical (unpaired) electrons. The van der Waals surface area contributed by atoms with Gasteiger partial charge >= 0.3 is 0 Å². The lowest BCUT2D eigenvalue weighted by Gasteiger charge is -2.11. The molecule has 0 spiro atoms. The van der Waals surface area contributed by atoms with Crippen LogP contribution in [0.3, 0.4) is 0 Å². The molecule has 0 fully saturated rings. The predicted octanol–water partition coefficient (Wildman–Crippen LogP) is 30.0. The number of fused-ring (bicyclic) bond motifs is 18. The molecule has 27 aromatic rings. The number of hydrogen-bond acceptors (Lipinski definition) is 6. The first kappa shape index (κ1) is 76.4. The van der Waals surface area contributed by atoms with E-state index in [1.807, 2.05) is 91.8 Å². The third-order valence-electron chi connectivity index (χ3n) is 25.8. The van der Waals surface area contributed by atoms with Gasteiger partial charge < -0.3 is 13.7 Å². The lowest BCUT2D eigenvalue weighted by atomic mass is 9.95. The van der Waals surface area contributed by atoms with Crippen LogP contribution in [0.1, 0.15) is 0 Å². The van der Waals surface area contributed by atoms with Crippen molar-refractivity contribution >= 4 is 131 Å². The van der Waals surface area contributed by atoms with Gasteiger partial charge in [0.05, 0.1) is 120 Å². The van der Waals surface area contributed by atoms with E-state index >= 15 is 0 Å². The Morgan fingerprint density at radius 3 is 0.742 bits per heavy atom. The van der Waals surface area contributed by atoms with E-state index in [1.54, 1.807) is 0 Å². The second-order valence-corrected chi connectivity index (χ2v) is 33.3. The van der Waals surface area contributed by atoms with Crippen molar-refractivity contribution in [2.45, 2.75) is 0 Å². The van der Waals surface area contributed by atoms with Crippen LogP contribution in [0.4, 0.5) is 0 Å². The molecule has 0 saturated heterocycles. The molecule has 0 aliphatic rings. The first-order valence-electron chi connectivity index (χ1n) is 44.5. The minimum absolute atomic E-state index is 0.800. The van der Waals surface area contributed by atoms with Crippen molar-refractivity contribution in [1.82, 2.24) is 57.3 Å². The average molecular weight is 1690 g/mol. The summed E-state index contributed by atoms with van der Waals surface area (Å²) in [6, 6.07) is 155. The van der Waals surface area contributed by atoms with Gasteiger partial charge in [-0.15, -0.1) is 0 Å². The fourth-order valence-corrected chi connectivity index (χ4v) is 20.1. The number of nitrogens with zero attached hydrogens (tertiary/aromatic N) is 12. The van der Waals surface area contributed by atoms with Gasteiger partial charge in [-0.3, -0.25) is 28.7 Å². The van der Waals surface area contributed by atoms with Crippen LogP contribution < -0.4 is 0 Å². The summed E-state index contributed by atoms with van der Waals surface area (Å²) in [5, 5.41) is 14.7. The Balaban J connectivity index is 0.000000106. The molecule has 618 valence electrons. The first-order valence-corrected chi connectivity index (χ1v) is 44.5. The van der Waals surface area contributed by atoms with Crippen LogP contribution in [-0.2, 0) is 0 Å². The number of hydrogen-bond donors (Lipinski definition) is 0. The van der Waals surface area contributed by atoms with Crippen molar-refractivity contribution in [2.75, 3.05) is 0 Å². The van der Waals surface area contributed by atoms with Gasteiger partial charge in [0.2, 0.25) is 0 Å². The molecule has 9 aromatic heterocycles. The Morgan fingerprint density at radius 1 is 0.144 bits per heavy atom. The van der Waals surface area contributed by atoms with Gasteiger partial charge in [0.25, 0.3) is 0 Å². The zero-order valence-corrected chi connectivity index (χ0v) is 71.4. The van der Waals surface area contributed by atoms with E-state index in [4.69, 9.17) is 15.0 Å². The van der Waals surface area contributed by atoms with Crippen LogP contribution in [0.5, 0.6) is 0 Å². The summed E-state index contributed by atoms with van der Waals surface area (Å²) in [6.45, 7) is 0. The van der Waals surface area contributed by atoms with Crippen molar-refractivity contribution in [1.29, 1.82) is 0 Å². The Bertz CT molecular complexity index is 9150. The van der Waals surface area contributed by atoms with Crippen LogP contribution in [0.25, 0.3) is 233 Å². The first-order chi connectivity index (χ1) is 65.5. The van der Waals surface area contributed by atoms with Gasteiger partial charge in [-0.1, -0.05) is 309 Å². The minimum Gasteiger partial charge on any atom is -0.309 e. The largest absolute Gasteiger partial charge is 0.309 e. The van der Waals surface area contributed by atoms with E-state index in [-0.39, 0.29) is 0 Å². The second-order valence-electron chi connectivity index (χ2n) is 33.3. The van der Waals surface area contributed by atoms with Gasteiger partial charge in [-0.05, 0) is 161 Å². The molecule has 12 nitrogen and oxygen atoms in total. The number of rotatable bonds is 12. The highest BCUT2D eigenvalue weighted by molar-refractivity contribution is 6.23. The van der Waals surface area contributed by atoms with Crippen LogP contribution in [0.15, 0.2) is 474 Å². The maximum Gasteiger partial charge on any atom is 0.156 e. The molecular formula is C120H78N12. The van der Waals surface area contributed by atoms with Crippen LogP contribution in [-0.4, -0.2) is 57.3 Å². The zero-order valence-electron chi connectivity index (χ0n) is 71.4. The SMILES string of the molecule is c1ccc(-c2cncc(-n3c4ccccc4c4c(-c5cccc6c5c5ccccc5n6-c5ccccc5)cccc43)n2)cc1.c1ccc(-c2cncc(-n3c4ccccc4c4cc(-c5ccc6c(c5)c5ccccc5n6-c5ccccc5)ccc43)n2)cc1.c1ccc(-c2cncc(-n3c4ccccc4c4cc(-c5cccc6c5c5ccccc5n6-c5ccccc5)ccc43)n2)cc1. The zero-order chi connectivity index (χ0) is 87.1. The molecule has 9 heterocycles. The highest BCUT2D eigenvalue weighted by Gasteiger charge is 2.25. The standard InChI is InChI=1S/3C40H26N4/c1-3-13-27(14-4-1)33-25-41-26-38(42-33)44-35-22-10-8-18-32(35)40-30(20-12-24-37(40)44)29-19-11-23-36-39(29)31-17-7-9-21-34(31)43(36)28-15-5-2-6-16-28;1-3-12-27(13-4-1)34-25-41-26-39(42-34)44-35-19-9-7-16-31(35)33-24-28(22-23-37(33)44)30-18-11-21-38-40(30)32-17-8-10-20-36(32)43(38)29-14-5-2-6-15-29;1-3-11-27(12-4-1)35-25-41-26-40(42-35)44-37-18-10-8-16-32(37)34-24-29(20-22-39(34)44)28-19-21-38-33(23-28)31-15-7-9-17-36(31)43(38)30-13-5-2-6-14-30/h3*1-26H. The number of para-hydroxylation sites is 9. The third kappa shape index (κ3) is 12.9. The van der Waals surface area contributed by atoms with Gasteiger partial charge in [0, 0.05) is 98.4 Å². The van der Waals surface area contributed by atoms with Crippen molar-refractivity contribution in [2.24, 2.45) is 0 Å². The average Bonchev–Trinajstić information content (AvgIpc) is 1.56. The van der Waals surface area contributed by atoms with Crippen LogP contribution >= 0.6 is 0 Å². The van der Waals surface area contributed by atoms with E-state index in [2.05, 4.69) is 425 Å². The summed E-state index contributed by atoms with van der Waals surface area (Å²) in [7, 11) is 0. The van der Waals surface area contributed by atoms with Crippen molar-refractivity contribution in [3.05, 3.63) is 474 Å². The molecule has 18 aromatic carbocycles. The lowest BCUT2D eigenvalue weighted by molar-refractivity contribution is 1.05. The summed E-state index contributed by atoms with van der Waals surface area (Å²) in [5.41, 5.74) is 30.2. The van der Waals surface area contributed by atoms with E-state index in [0.717, 1.165) is 95.7 Å². The van der Waals surface area contributed by atoms with Gasteiger partial charge in [0.1, 0.15) is 0 Å². The Morgan fingerprint density at radius 2 is 0.379 bits per heavy atom. The maximum absolute atomic E-state index is 5.11. The third-order valence-corrected chi connectivity index (χ3v) is 25.8. The van der Waals surface area contributed by atoms with Gasteiger partial charge in [0.15, 0.2) is 17.5 Å². The van der Waals surface area contributed by atoms with E-state index < -0.39 is 0 Å². The fourth-order valence-electron chi connectivity index (χ4n) is 20.1. The molecule has 0 unspecified atom stereocenters. The highest BCUT2D eigenvalue weighted by atomic mass is 15.1. The molecule has 0 bridgehead atoms. The quantitative estimate of drug-likeness (QED) is 0.121. The Labute approximate surface area is 758 Å². The summed E-state index contributed by atoms with van der Waals surface area (Å²) in [5.74, 6) is 2.41. The summed E-state index contributed by atoms with van der Waals surface area (Å²) >= 11 is 0. The molecule has 0 saturated carbocycles. The molecule has 0 atom stereocenters. The van der Waals surface area contributed by atoms with Gasteiger partial charge in [-0.25, -0.2) is 15.0 Å². The predicted molar refractivity (Wildman–Crippen MR) is 545 cm³/mol. The van der Waals surface area contributed by atoms with Crippen molar-refractivity contribution in [3.63, 3.8) is 0 Å². The Kier molecular flexibility index (Phi) is 18.6. The molecule has 132 heavy (non-hydrogen) atoms. The van der Waals surface area contributed by atoms with Crippen molar-refractivity contribution < 1.29 is 0 Å². The van der Waals surface area contributed by atoms with Gasteiger partial charge in [-0.2, -0.15) is 0 Å². The summed E-state index contributed by atoms with van der Waals surface area (Å²) < 4.78 is 13.8. The van der Waals surface area contributed by atoms with Crippen molar-refractivity contribution in [3.8, 4) is 102 Å². The normalized spacial score (nSPS) is 11.6. The fraction of sp³-hybridized carbons (Fsp3) is 0. The summed E-state index contributed by atoms with van der Waals surface area (Å²) in [6.07, 6.45) is 11.1. The van der Waals surface area contributed by atoms with E-state index in [0.29, 0.717) is 0 Å². The smallest absolute Gasteiger partial charge is 0.156 e. The highest BCUT2D eigenvalue weighted by Crippen LogP contribution is 2.47. The number of aromatic nitrogens is 12. The minimum atomic E-state index is 0.800. The Hall–Kier alpha value is -18.0. The second kappa shape index (κ2) is 32.1. The topological polar surface area (TPSA) is 107 Å². The monoisotopic (exact) mass is 1690 g/mol. The number of benzene rings is 18. The molecular weight excluding hydrogens is 1610 g/mol. The molecule has 0 aliphatic heterocycles. The molecule has 0 aliphatic carbocycles. The molecule has 12 heteroatoms. The molecule has 27 rings (SSSR count). The van der Waals surface area contributed by atoms with Crippen LogP contribution in [0, 0.1) is 0 Å².